The van der Waals surface area contributed by atoms with Crippen LogP contribution in [0, 0.1) is 6.92 Å². The molecule has 0 amide bonds. The van der Waals surface area contributed by atoms with Crippen molar-refractivity contribution in [1.29, 1.82) is 0 Å². The van der Waals surface area contributed by atoms with Crippen LogP contribution in [-0.2, 0) is 11.2 Å². The molecule has 2 aromatic heterocycles. The number of carboxylic acids is 1. The molecule has 1 N–H and O–H groups in total. The van der Waals surface area contributed by atoms with Crippen molar-refractivity contribution < 1.29 is 9.90 Å². The van der Waals surface area contributed by atoms with E-state index >= 15 is 0 Å². The zero-order chi connectivity index (χ0) is 15.4. The van der Waals surface area contributed by atoms with Crippen molar-refractivity contribution in [3.8, 4) is 0 Å². The minimum absolute atomic E-state index is 0.180. The van der Waals surface area contributed by atoms with Crippen LogP contribution >= 0.6 is 0 Å². The highest BCUT2D eigenvalue weighted by atomic mass is 16.4. The molecule has 0 radical (unpaired) electrons. The molecule has 21 heavy (non-hydrogen) atoms. The zero-order valence-electron chi connectivity index (χ0n) is 12.9. The topological polar surface area (TPSA) is 57.8 Å². The lowest BCUT2D eigenvalue weighted by Crippen LogP contribution is -2.35. The average Bonchev–Trinajstić information content (AvgIpc) is 2.77. The van der Waals surface area contributed by atoms with E-state index in [1.165, 1.54) is 5.69 Å². The number of nitrogens with zero attached hydrogens (tertiary/aromatic N) is 3. The number of fused-ring (bicyclic) bond motifs is 1. The first-order valence-electron chi connectivity index (χ1n) is 7.37. The SMILES string of the molecule is CCC(Cc1c(C)nc2ccccn12)N(C)CCC(=O)O. The molecular formula is C16H23N3O2. The van der Waals surface area contributed by atoms with E-state index in [0.29, 0.717) is 12.6 Å². The van der Waals surface area contributed by atoms with Gasteiger partial charge in [-0.1, -0.05) is 13.0 Å². The van der Waals surface area contributed by atoms with Crippen LogP contribution in [0.5, 0.6) is 0 Å². The van der Waals surface area contributed by atoms with Crippen molar-refractivity contribution >= 4 is 11.6 Å². The van der Waals surface area contributed by atoms with E-state index in [0.717, 1.165) is 24.2 Å². The van der Waals surface area contributed by atoms with Gasteiger partial charge in [-0.3, -0.25) is 4.79 Å². The van der Waals surface area contributed by atoms with Crippen molar-refractivity contribution in [2.24, 2.45) is 0 Å². The largest absolute Gasteiger partial charge is 0.481 e. The number of aryl methyl sites for hydroxylation is 1. The number of aromatic nitrogens is 2. The molecule has 0 saturated carbocycles. The fraction of sp³-hybridized carbons (Fsp3) is 0.500. The number of hydrogen-bond acceptors (Lipinski definition) is 3. The summed E-state index contributed by atoms with van der Waals surface area (Å²) in [6.07, 6.45) is 4.08. The third-order valence-electron chi connectivity index (χ3n) is 4.03. The molecule has 0 aliphatic carbocycles. The van der Waals surface area contributed by atoms with Crippen LogP contribution in [0.15, 0.2) is 24.4 Å². The van der Waals surface area contributed by atoms with E-state index < -0.39 is 5.97 Å². The predicted octanol–water partition coefficient (Wildman–Crippen LogP) is 2.37. The van der Waals surface area contributed by atoms with Gasteiger partial charge in [-0.05, 0) is 32.5 Å². The summed E-state index contributed by atoms with van der Waals surface area (Å²) in [7, 11) is 2.00. The molecule has 0 aliphatic heterocycles. The van der Waals surface area contributed by atoms with Crippen molar-refractivity contribution in [3.05, 3.63) is 35.8 Å². The van der Waals surface area contributed by atoms with Gasteiger partial charge in [-0.25, -0.2) is 4.98 Å². The molecule has 5 nitrogen and oxygen atoms in total. The fourth-order valence-electron chi connectivity index (χ4n) is 2.70. The summed E-state index contributed by atoms with van der Waals surface area (Å²) in [5.74, 6) is -0.748. The quantitative estimate of drug-likeness (QED) is 0.850. The van der Waals surface area contributed by atoms with Gasteiger partial charge in [-0.2, -0.15) is 0 Å². The Morgan fingerprint density at radius 3 is 2.90 bits per heavy atom. The molecule has 0 aliphatic rings. The van der Waals surface area contributed by atoms with Gasteiger partial charge >= 0.3 is 5.97 Å². The van der Waals surface area contributed by atoms with Gasteiger partial charge in [0.05, 0.1) is 12.1 Å². The number of imidazole rings is 1. The number of likely N-dealkylation sites (N-methyl/N-ethyl adjacent to an activating group) is 1. The average molecular weight is 289 g/mol. The summed E-state index contributed by atoms with van der Waals surface area (Å²) in [6.45, 7) is 4.75. The number of carbonyl (C=O) groups is 1. The van der Waals surface area contributed by atoms with Crippen molar-refractivity contribution in [1.82, 2.24) is 14.3 Å². The molecule has 2 heterocycles. The Kier molecular flexibility index (Phi) is 4.96. The standard InChI is InChI=1S/C16H23N3O2/c1-4-13(18(3)10-8-16(20)21)11-14-12(2)17-15-7-5-6-9-19(14)15/h5-7,9,13H,4,8,10-11H2,1-3H3,(H,20,21). The second-order valence-electron chi connectivity index (χ2n) is 5.46. The molecular weight excluding hydrogens is 266 g/mol. The number of pyridine rings is 1. The molecule has 114 valence electrons. The molecule has 1 unspecified atom stereocenters. The van der Waals surface area contributed by atoms with Crippen molar-refractivity contribution in [2.75, 3.05) is 13.6 Å². The van der Waals surface area contributed by atoms with Gasteiger partial charge in [0.25, 0.3) is 0 Å². The summed E-state index contributed by atoms with van der Waals surface area (Å²) >= 11 is 0. The lowest BCUT2D eigenvalue weighted by atomic mass is 10.1. The first-order valence-corrected chi connectivity index (χ1v) is 7.37. The molecule has 5 heteroatoms. The van der Waals surface area contributed by atoms with Crippen LogP contribution in [0.1, 0.15) is 31.2 Å². The van der Waals surface area contributed by atoms with Crippen molar-refractivity contribution in [2.45, 2.75) is 39.2 Å². The van der Waals surface area contributed by atoms with Crippen LogP contribution in [0.25, 0.3) is 5.65 Å². The Morgan fingerprint density at radius 1 is 1.48 bits per heavy atom. The normalized spacial score (nSPS) is 13.0. The molecule has 0 fully saturated rings. The van der Waals surface area contributed by atoms with Crippen LogP contribution in [0.2, 0.25) is 0 Å². The highest BCUT2D eigenvalue weighted by molar-refractivity contribution is 5.66. The van der Waals surface area contributed by atoms with E-state index in [2.05, 4.69) is 21.2 Å². The fourth-order valence-corrected chi connectivity index (χ4v) is 2.70. The molecule has 2 rings (SSSR count). The molecule has 0 aromatic carbocycles. The third-order valence-corrected chi connectivity index (χ3v) is 4.03. The smallest absolute Gasteiger partial charge is 0.304 e. The van der Waals surface area contributed by atoms with Crippen LogP contribution in [-0.4, -0.2) is 45.0 Å². The molecule has 1 atom stereocenters. The minimum atomic E-state index is -0.748. The number of hydrogen-bond donors (Lipinski definition) is 1. The Morgan fingerprint density at radius 2 is 2.24 bits per heavy atom. The summed E-state index contributed by atoms with van der Waals surface area (Å²) in [5.41, 5.74) is 3.22. The van der Waals surface area contributed by atoms with Crippen LogP contribution in [0.3, 0.4) is 0 Å². The maximum absolute atomic E-state index is 10.7. The summed E-state index contributed by atoms with van der Waals surface area (Å²) in [6, 6.07) is 6.32. The Labute approximate surface area is 125 Å². The summed E-state index contributed by atoms with van der Waals surface area (Å²) in [4.78, 5) is 17.4. The molecule has 0 bridgehead atoms. The second kappa shape index (κ2) is 6.72. The molecule has 0 spiro atoms. The van der Waals surface area contributed by atoms with Gasteiger partial charge in [0, 0.05) is 30.9 Å². The Balaban J connectivity index is 2.16. The minimum Gasteiger partial charge on any atom is -0.481 e. The van der Waals surface area contributed by atoms with Gasteiger partial charge in [-0.15, -0.1) is 0 Å². The number of rotatable bonds is 7. The van der Waals surface area contributed by atoms with Gasteiger partial charge in [0.2, 0.25) is 0 Å². The highest BCUT2D eigenvalue weighted by Crippen LogP contribution is 2.17. The first kappa shape index (κ1) is 15.5. The lowest BCUT2D eigenvalue weighted by Gasteiger charge is -2.26. The maximum atomic E-state index is 10.7. The van der Waals surface area contributed by atoms with E-state index in [4.69, 9.17) is 5.11 Å². The third kappa shape index (κ3) is 3.61. The van der Waals surface area contributed by atoms with Crippen LogP contribution < -0.4 is 0 Å². The van der Waals surface area contributed by atoms with E-state index in [-0.39, 0.29) is 6.42 Å². The first-order chi connectivity index (χ1) is 10.0. The molecule has 2 aromatic rings. The summed E-state index contributed by atoms with van der Waals surface area (Å²) in [5, 5.41) is 8.82. The van der Waals surface area contributed by atoms with E-state index in [1.807, 2.05) is 38.4 Å². The monoisotopic (exact) mass is 289 g/mol. The van der Waals surface area contributed by atoms with Gasteiger partial charge in [0.1, 0.15) is 5.65 Å². The summed E-state index contributed by atoms with van der Waals surface area (Å²) < 4.78 is 2.13. The van der Waals surface area contributed by atoms with Crippen LogP contribution in [0.4, 0.5) is 0 Å². The Hall–Kier alpha value is -1.88. The zero-order valence-corrected chi connectivity index (χ0v) is 12.9. The Bertz CT molecular complexity index is 621. The van der Waals surface area contributed by atoms with E-state index in [9.17, 15) is 4.79 Å². The number of carboxylic acid groups (broad SMARTS) is 1. The number of aliphatic carboxylic acids is 1. The van der Waals surface area contributed by atoms with E-state index in [1.54, 1.807) is 0 Å². The van der Waals surface area contributed by atoms with Crippen molar-refractivity contribution in [3.63, 3.8) is 0 Å². The van der Waals surface area contributed by atoms with Gasteiger partial charge in [0.15, 0.2) is 0 Å². The highest BCUT2D eigenvalue weighted by Gasteiger charge is 2.18. The second-order valence-corrected chi connectivity index (χ2v) is 5.46. The predicted molar refractivity (Wildman–Crippen MR) is 82.6 cm³/mol. The molecule has 0 saturated heterocycles. The van der Waals surface area contributed by atoms with Gasteiger partial charge < -0.3 is 14.4 Å². The lowest BCUT2D eigenvalue weighted by molar-refractivity contribution is -0.137. The maximum Gasteiger partial charge on any atom is 0.304 e.